The number of para-hydroxylation sites is 1. The van der Waals surface area contributed by atoms with E-state index in [0.29, 0.717) is 24.4 Å². The summed E-state index contributed by atoms with van der Waals surface area (Å²) in [5.41, 5.74) is 4.60. The number of anilines is 1. The Balaban J connectivity index is 0.00000385. The number of benzene rings is 2. The van der Waals surface area contributed by atoms with Gasteiger partial charge in [0.1, 0.15) is 6.29 Å². The fourth-order valence-electron chi connectivity index (χ4n) is 3.97. The van der Waals surface area contributed by atoms with Crippen LogP contribution in [-0.4, -0.2) is 35.9 Å². The standard InChI is InChI=1S/C25H30N2O5.ClH/c1-18(16-28)25(31)32-26-24(30)23-14-19(17-29)12-13-20(23)15-27(21-8-4-2-5-9-21)22-10-6-3-7-11-22;/h2,4-5,8-9,12-14,17-18,22,28H,3,6-7,10-11,15-16H2,1H3,(H,26,30);1H/t18-;/m1./s1. The molecule has 0 saturated heterocycles. The van der Waals surface area contributed by atoms with Crippen molar-refractivity contribution in [1.29, 1.82) is 0 Å². The SMILES string of the molecule is C[C@H](CO)C(=O)ONC(=O)c1cc(C=O)ccc1CN(c1ccccc1)C1CCCCC1.Cl. The monoisotopic (exact) mass is 474 g/mol. The fourth-order valence-corrected chi connectivity index (χ4v) is 3.97. The first-order chi connectivity index (χ1) is 15.5. The summed E-state index contributed by atoms with van der Waals surface area (Å²) in [7, 11) is 0. The molecule has 0 bridgehead atoms. The van der Waals surface area contributed by atoms with E-state index in [4.69, 9.17) is 9.94 Å². The molecule has 1 aliphatic carbocycles. The lowest BCUT2D eigenvalue weighted by Gasteiger charge is -2.36. The third kappa shape index (κ3) is 7.04. The van der Waals surface area contributed by atoms with Crippen molar-refractivity contribution < 1.29 is 24.3 Å². The van der Waals surface area contributed by atoms with Gasteiger partial charge in [-0.15, -0.1) is 12.4 Å². The van der Waals surface area contributed by atoms with Crippen LogP contribution in [0.25, 0.3) is 0 Å². The highest BCUT2D eigenvalue weighted by Gasteiger charge is 2.24. The summed E-state index contributed by atoms with van der Waals surface area (Å²) in [6, 6.07) is 15.4. The van der Waals surface area contributed by atoms with Crippen molar-refractivity contribution in [2.45, 2.75) is 51.6 Å². The largest absolute Gasteiger partial charge is 0.395 e. The fraction of sp³-hybridized carbons (Fsp3) is 0.400. The smallest absolute Gasteiger partial charge is 0.337 e. The number of amides is 1. The molecular formula is C25H31ClN2O5. The van der Waals surface area contributed by atoms with Gasteiger partial charge < -0.3 is 14.8 Å². The minimum atomic E-state index is -0.754. The highest BCUT2D eigenvalue weighted by Crippen LogP contribution is 2.29. The van der Waals surface area contributed by atoms with Gasteiger partial charge in [0, 0.05) is 29.4 Å². The quantitative estimate of drug-likeness (QED) is 0.442. The van der Waals surface area contributed by atoms with Gasteiger partial charge in [-0.1, -0.05) is 49.6 Å². The number of carbonyl (C=O) groups excluding carboxylic acids is 3. The molecule has 0 radical (unpaired) electrons. The minimum Gasteiger partial charge on any atom is -0.395 e. The summed E-state index contributed by atoms with van der Waals surface area (Å²) >= 11 is 0. The first-order valence-electron chi connectivity index (χ1n) is 11.0. The molecule has 0 aliphatic heterocycles. The van der Waals surface area contributed by atoms with Crippen LogP contribution in [0.4, 0.5) is 5.69 Å². The predicted octanol–water partition coefficient (Wildman–Crippen LogP) is 4.08. The number of rotatable bonds is 8. The lowest BCUT2D eigenvalue weighted by molar-refractivity contribution is -0.154. The molecule has 8 heteroatoms. The number of aldehydes is 1. The summed E-state index contributed by atoms with van der Waals surface area (Å²) in [5, 5.41) is 9.07. The van der Waals surface area contributed by atoms with Gasteiger partial charge >= 0.3 is 5.97 Å². The molecule has 1 aliphatic rings. The van der Waals surface area contributed by atoms with Crippen molar-refractivity contribution in [3.8, 4) is 0 Å². The van der Waals surface area contributed by atoms with E-state index in [2.05, 4.69) is 22.5 Å². The molecule has 0 heterocycles. The van der Waals surface area contributed by atoms with Gasteiger partial charge in [0.15, 0.2) is 0 Å². The number of hydrogen-bond acceptors (Lipinski definition) is 6. The number of carbonyl (C=O) groups is 3. The van der Waals surface area contributed by atoms with E-state index < -0.39 is 17.8 Å². The van der Waals surface area contributed by atoms with Gasteiger partial charge in [0.2, 0.25) is 0 Å². The number of nitrogens with zero attached hydrogens (tertiary/aromatic N) is 1. The number of halogens is 1. The maximum absolute atomic E-state index is 12.9. The number of aliphatic hydroxyl groups excluding tert-OH is 1. The maximum Gasteiger partial charge on any atom is 0.337 e. The van der Waals surface area contributed by atoms with Crippen molar-refractivity contribution in [3.63, 3.8) is 0 Å². The van der Waals surface area contributed by atoms with Crippen LogP contribution in [0.3, 0.4) is 0 Å². The summed E-state index contributed by atoms with van der Waals surface area (Å²) in [6.07, 6.45) is 6.42. The van der Waals surface area contributed by atoms with Crippen LogP contribution in [0, 0.1) is 5.92 Å². The van der Waals surface area contributed by atoms with E-state index >= 15 is 0 Å². The molecule has 7 nitrogen and oxygen atoms in total. The maximum atomic E-state index is 12.9. The van der Waals surface area contributed by atoms with Crippen molar-refractivity contribution in [2.75, 3.05) is 11.5 Å². The molecule has 178 valence electrons. The van der Waals surface area contributed by atoms with Crippen molar-refractivity contribution >= 4 is 36.3 Å². The molecule has 2 N–H and O–H groups in total. The predicted molar refractivity (Wildman–Crippen MR) is 128 cm³/mol. The number of aliphatic hydroxyl groups is 1. The Morgan fingerprint density at radius 2 is 1.85 bits per heavy atom. The van der Waals surface area contributed by atoms with Crippen LogP contribution < -0.4 is 10.4 Å². The van der Waals surface area contributed by atoms with Crippen molar-refractivity contribution in [3.05, 3.63) is 65.2 Å². The van der Waals surface area contributed by atoms with Crippen LogP contribution in [0.2, 0.25) is 0 Å². The Hall–Kier alpha value is -2.90. The highest BCUT2D eigenvalue weighted by atomic mass is 35.5. The summed E-state index contributed by atoms with van der Waals surface area (Å²) in [6.45, 7) is 1.60. The normalized spacial score (nSPS) is 14.5. The van der Waals surface area contributed by atoms with Gasteiger partial charge in [-0.05, 0) is 43.5 Å². The third-order valence-electron chi connectivity index (χ3n) is 5.88. The van der Waals surface area contributed by atoms with Crippen LogP contribution >= 0.6 is 12.4 Å². The van der Waals surface area contributed by atoms with Crippen LogP contribution in [0.1, 0.15) is 65.3 Å². The van der Waals surface area contributed by atoms with Gasteiger partial charge in [-0.2, -0.15) is 5.48 Å². The molecule has 2 aromatic rings. The van der Waals surface area contributed by atoms with E-state index in [1.165, 1.54) is 32.3 Å². The Kier molecular flexibility index (Phi) is 10.4. The second-order valence-electron chi connectivity index (χ2n) is 8.23. The zero-order valence-electron chi connectivity index (χ0n) is 18.7. The molecule has 2 aromatic carbocycles. The molecule has 1 amide bonds. The number of hydrogen-bond donors (Lipinski definition) is 2. The molecule has 1 saturated carbocycles. The average Bonchev–Trinajstić information content (AvgIpc) is 2.86. The Morgan fingerprint density at radius 1 is 1.15 bits per heavy atom. The molecule has 1 atom stereocenters. The third-order valence-corrected chi connectivity index (χ3v) is 5.88. The molecule has 0 unspecified atom stereocenters. The van der Waals surface area contributed by atoms with Gasteiger partial charge in [0.05, 0.1) is 12.5 Å². The Labute approximate surface area is 200 Å². The lowest BCUT2D eigenvalue weighted by Crippen LogP contribution is -2.37. The summed E-state index contributed by atoms with van der Waals surface area (Å²) in [4.78, 5) is 43.2. The molecule has 0 spiro atoms. The van der Waals surface area contributed by atoms with Crippen LogP contribution in [0.5, 0.6) is 0 Å². The van der Waals surface area contributed by atoms with Gasteiger partial charge in [-0.3, -0.25) is 9.59 Å². The number of nitrogens with one attached hydrogen (secondary N) is 1. The van der Waals surface area contributed by atoms with Crippen LogP contribution in [-0.2, 0) is 16.2 Å². The van der Waals surface area contributed by atoms with Gasteiger partial charge in [0.25, 0.3) is 5.91 Å². The zero-order valence-corrected chi connectivity index (χ0v) is 19.6. The van der Waals surface area contributed by atoms with E-state index in [0.717, 1.165) is 24.1 Å². The van der Waals surface area contributed by atoms with Gasteiger partial charge in [-0.25, -0.2) is 4.79 Å². The Morgan fingerprint density at radius 3 is 2.48 bits per heavy atom. The lowest BCUT2D eigenvalue weighted by atomic mass is 9.92. The highest BCUT2D eigenvalue weighted by molar-refractivity contribution is 5.97. The molecular weight excluding hydrogens is 444 g/mol. The first kappa shape index (κ1) is 26.4. The Bertz CT molecular complexity index is 932. The van der Waals surface area contributed by atoms with E-state index in [1.807, 2.05) is 18.2 Å². The second kappa shape index (κ2) is 13.0. The van der Waals surface area contributed by atoms with Crippen molar-refractivity contribution in [2.24, 2.45) is 5.92 Å². The minimum absolute atomic E-state index is 0. The first-order valence-corrected chi connectivity index (χ1v) is 11.0. The van der Waals surface area contributed by atoms with E-state index in [-0.39, 0.29) is 24.6 Å². The zero-order chi connectivity index (χ0) is 22.9. The average molecular weight is 475 g/mol. The van der Waals surface area contributed by atoms with E-state index in [9.17, 15) is 14.4 Å². The molecule has 33 heavy (non-hydrogen) atoms. The van der Waals surface area contributed by atoms with E-state index in [1.54, 1.807) is 12.1 Å². The van der Waals surface area contributed by atoms with Crippen LogP contribution in [0.15, 0.2) is 48.5 Å². The molecule has 3 rings (SSSR count). The summed E-state index contributed by atoms with van der Waals surface area (Å²) in [5.74, 6) is -2.10. The molecule has 1 fully saturated rings. The van der Waals surface area contributed by atoms with Crippen molar-refractivity contribution in [1.82, 2.24) is 5.48 Å². The number of hydroxylamine groups is 1. The molecule has 0 aromatic heterocycles. The second-order valence-corrected chi connectivity index (χ2v) is 8.23. The topological polar surface area (TPSA) is 95.9 Å². The summed E-state index contributed by atoms with van der Waals surface area (Å²) < 4.78 is 0.